The molecule has 1 atom stereocenters. The van der Waals surface area contributed by atoms with Crippen molar-refractivity contribution in [2.24, 2.45) is 0 Å². The van der Waals surface area contributed by atoms with Gasteiger partial charge < -0.3 is 15.0 Å². The molecule has 2 rings (SSSR count). The number of carbonyl (C=O) groups excluding carboxylic acids is 2. The molecule has 0 aliphatic rings. The van der Waals surface area contributed by atoms with Crippen molar-refractivity contribution >= 4 is 50.7 Å². The van der Waals surface area contributed by atoms with Crippen molar-refractivity contribution < 1.29 is 22.7 Å². The number of methoxy groups -OCH3 is 1. The van der Waals surface area contributed by atoms with Crippen molar-refractivity contribution in [3.63, 3.8) is 0 Å². The lowest BCUT2D eigenvalue weighted by molar-refractivity contribution is -0.139. The van der Waals surface area contributed by atoms with Gasteiger partial charge in [0.25, 0.3) is 0 Å². The Morgan fingerprint density at radius 3 is 2.21 bits per heavy atom. The molecule has 2 aromatic rings. The van der Waals surface area contributed by atoms with Crippen molar-refractivity contribution in [2.75, 3.05) is 24.2 Å². The lowest BCUT2D eigenvalue weighted by Gasteiger charge is -2.32. The van der Waals surface area contributed by atoms with Gasteiger partial charge in [-0.2, -0.15) is 0 Å². The molecule has 0 bridgehead atoms. The van der Waals surface area contributed by atoms with Gasteiger partial charge in [0, 0.05) is 17.6 Å². The second-order valence-electron chi connectivity index (χ2n) is 8.07. The van der Waals surface area contributed by atoms with Gasteiger partial charge in [-0.1, -0.05) is 35.3 Å². The van der Waals surface area contributed by atoms with Crippen LogP contribution in [0.3, 0.4) is 0 Å². The molecule has 0 aromatic heterocycles. The third-order valence-corrected chi connectivity index (χ3v) is 6.65. The molecule has 186 valence electrons. The van der Waals surface area contributed by atoms with E-state index in [1.807, 2.05) is 13.8 Å². The van der Waals surface area contributed by atoms with Crippen molar-refractivity contribution in [3.05, 3.63) is 58.1 Å². The average molecular weight is 530 g/mol. The first kappa shape index (κ1) is 27.8. The summed E-state index contributed by atoms with van der Waals surface area (Å²) in [5.41, 5.74) is 0.818. The molecule has 0 radical (unpaired) electrons. The maximum absolute atomic E-state index is 13.5. The van der Waals surface area contributed by atoms with Gasteiger partial charge in [0.1, 0.15) is 18.3 Å². The standard InChI is InChI=1S/C23H29Cl2N3O5S/c1-15(2)26-23(30)16(3)27(13-17-6-9-19(33-4)10-7-17)22(29)14-28(34(5,31)32)21-12-18(24)8-11-20(21)25/h6-12,15-16H,13-14H2,1-5H3,(H,26,30). The van der Waals surface area contributed by atoms with E-state index in [-0.39, 0.29) is 34.2 Å². The molecule has 1 unspecified atom stereocenters. The smallest absolute Gasteiger partial charge is 0.244 e. The highest BCUT2D eigenvalue weighted by molar-refractivity contribution is 7.92. The number of hydrogen-bond donors (Lipinski definition) is 1. The zero-order valence-corrected chi connectivity index (χ0v) is 22.0. The van der Waals surface area contributed by atoms with Gasteiger partial charge in [-0.3, -0.25) is 13.9 Å². The third kappa shape index (κ3) is 7.51. The van der Waals surface area contributed by atoms with Gasteiger partial charge in [-0.05, 0) is 56.7 Å². The SMILES string of the molecule is COc1ccc(CN(C(=O)CN(c2cc(Cl)ccc2Cl)S(C)(=O)=O)C(C)C(=O)NC(C)C)cc1. The van der Waals surface area contributed by atoms with Crippen LogP contribution in [0.25, 0.3) is 0 Å². The number of ether oxygens (including phenoxy) is 1. The van der Waals surface area contributed by atoms with Crippen LogP contribution in [0.2, 0.25) is 10.0 Å². The van der Waals surface area contributed by atoms with Gasteiger partial charge in [0.2, 0.25) is 21.8 Å². The van der Waals surface area contributed by atoms with Gasteiger partial charge in [-0.15, -0.1) is 0 Å². The number of halogens is 2. The highest BCUT2D eigenvalue weighted by atomic mass is 35.5. The molecular formula is C23H29Cl2N3O5S. The predicted octanol–water partition coefficient (Wildman–Crippen LogP) is 3.71. The minimum atomic E-state index is -3.91. The quantitative estimate of drug-likeness (QED) is 0.506. The highest BCUT2D eigenvalue weighted by Crippen LogP contribution is 2.31. The summed E-state index contributed by atoms with van der Waals surface area (Å²) in [6.45, 7) is 4.74. The van der Waals surface area contributed by atoms with Crippen LogP contribution in [0.4, 0.5) is 5.69 Å². The second kappa shape index (κ2) is 11.8. The summed E-state index contributed by atoms with van der Waals surface area (Å²) in [7, 11) is -2.36. The van der Waals surface area contributed by atoms with Gasteiger partial charge in [0.15, 0.2) is 0 Å². The summed E-state index contributed by atoms with van der Waals surface area (Å²) in [5, 5.41) is 3.17. The Morgan fingerprint density at radius 1 is 1.06 bits per heavy atom. The molecule has 0 aliphatic carbocycles. The number of carbonyl (C=O) groups is 2. The van der Waals surface area contributed by atoms with Crippen molar-refractivity contribution in [1.29, 1.82) is 0 Å². The largest absolute Gasteiger partial charge is 0.497 e. The van der Waals surface area contributed by atoms with E-state index >= 15 is 0 Å². The topological polar surface area (TPSA) is 96.0 Å². The molecule has 0 saturated heterocycles. The predicted molar refractivity (Wildman–Crippen MR) is 135 cm³/mol. The van der Waals surface area contributed by atoms with Crippen LogP contribution in [-0.4, -0.2) is 57.1 Å². The van der Waals surface area contributed by atoms with Crippen molar-refractivity contribution in [3.8, 4) is 5.75 Å². The van der Waals surface area contributed by atoms with E-state index in [4.69, 9.17) is 27.9 Å². The summed E-state index contributed by atoms with van der Waals surface area (Å²) in [6.07, 6.45) is 0.972. The molecule has 8 nitrogen and oxygen atoms in total. The molecule has 2 aromatic carbocycles. The summed E-state index contributed by atoms with van der Waals surface area (Å²) >= 11 is 12.3. The van der Waals surface area contributed by atoms with Crippen LogP contribution in [0.5, 0.6) is 5.75 Å². The Balaban J connectivity index is 2.42. The molecule has 0 fully saturated rings. The molecule has 34 heavy (non-hydrogen) atoms. The Labute approximate surface area is 210 Å². The number of anilines is 1. The molecule has 0 heterocycles. The van der Waals surface area contributed by atoms with Gasteiger partial charge in [-0.25, -0.2) is 8.42 Å². The fourth-order valence-corrected chi connectivity index (χ4v) is 4.48. The van der Waals surface area contributed by atoms with Gasteiger partial charge >= 0.3 is 0 Å². The summed E-state index contributed by atoms with van der Waals surface area (Å²) in [6, 6.07) is 10.4. The fourth-order valence-electron chi connectivity index (χ4n) is 3.19. The first-order chi connectivity index (χ1) is 15.8. The average Bonchev–Trinajstić information content (AvgIpc) is 2.76. The molecule has 0 saturated carbocycles. The number of benzene rings is 2. The number of nitrogens with zero attached hydrogens (tertiary/aromatic N) is 2. The number of nitrogens with one attached hydrogen (secondary N) is 1. The van der Waals surface area contributed by atoms with E-state index in [0.29, 0.717) is 5.75 Å². The van der Waals surface area contributed by atoms with Crippen molar-refractivity contribution in [2.45, 2.75) is 39.4 Å². The molecular weight excluding hydrogens is 501 g/mol. The van der Waals surface area contributed by atoms with Gasteiger partial charge in [0.05, 0.1) is 24.1 Å². The van der Waals surface area contributed by atoms with Crippen LogP contribution in [-0.2, 0) is 26.2 Å². The minimum Gasteiger partial charge on any atom is -0.497 e. The van der Waals surface area contributed by atoms with E-state index in [0.717, 1.165) is 16.1 Å². The van der Waals surface area contributed by atoms with E-state index in [2.05, 4.69) is 5.32 Å². The molecule has 1 N–H and O–H groups in total. The maximum Gasteiger partial charge on any atom is 0.244 e. The minimum absolute atomic E-state index is 0.0775. The van der Waals surface area contributed by atoms with Crippen LogP contribution < -0.4 is 14.4 Å². The molecule has 0 spiro atoms. The summed E-state index contributed by atoms with van der Waals surface area (Å²) in [5.74, 6) is -0.293. The van der Waals surface area contributed by atoms with Crippen LogP contribution >= 0.6 is 23.2 Å². The maximum atomic E-state index is 13.5. The second-order valence-corrected chi connectivity index (χ2v) is 10.8. The zero-order chi connectivity index (χ0) is 25.6. The molecule has 11 heteroatoms. The van der Waals surface area contributed by atoms with E-state index in [1.54, 1.807) is 38.3 Å². The summed E-state index contributed by atoms with van der Waals surface area (Å²) in [4.78, 5) is 27.5. The first-order valence-electron chi connectivity index (χ1n) is 10.5. The van der Waals surface area contributed by atoms with E-state index < -0.39 is 28.5 Å². The lowest BCUT2D eigenvalue weighted by atomic mass is 10.1. The molecule has 2 amide bonds. The number of rotatable bonds is 10. The van der Waals surface area contributed by atoms with E-state index in [9.17, 15) is 18.0 Å². The highest BCUT2D eigenvalue weighted by Gasteiger charge is 2.31. The van der Waals surface area contributed by atoms with Crippen molar-refractivity contribution in [1.82, 2.24) is 10.2 Å². The Hall–Kier alpha value is -2.49. The van der Waals surface area contributed by atoms with E-state index in [1.165, 1.54) is 23.1 Å². The van der Waals surface area contributed by atoms with Crippen LogP contribution in [0.1, 0.15) is 26.3 Å². The lowest BCUT2D eigenvalue weighted by Crippen LogP contribution is -2.52. The number of hydrogen-bond acceptors (Lipinski definition) is 5. The summed E-state index contributed by atoms with van der Waals surface area (Å²) < 4.78 is 31.2. The monoisotopic (exact) mass is 529 g/mol. The molecule has 0 aliphatic heterocycles. The number of sulfonamides is 1. The fraction of sp³-hybridized carbons (Fsp3) is 0.391. The Kier molecular flexibility index (Phi) is 9.61. The Morgan fingerprint density at radius 2 is 1.68 bits per heavy atom. The first-order valence-corrected chi connectivity index (χ1v) is 13.1. The number of amides is 2. The normalized spacial score (nSPS) is 12.2. The van der Waals surface area contributed by atoms with Crippen LogP contribution in [0.15, 0.2) is 42.5 Å². The van der Waals surface area contributed by atoms with Crippen LogP contribution in [0, 0.1) is 0 Å². The third-order valence-electron chi connectivity index (χ3n) is 4.97. The Bertz CT molecular complexity index is 1120. The zero-order valence-electron chi connectivity index (χ0n) is 19.7.